The number of aromatic nitrogens is 3. The molecule has 0 radical (unpaired) electrons. The van der Waals surface area contributed by atoms with Gasteiger partial charge in [-0.2, -0.15) is 0 Å². The zero-order chi connectivity index (χ0) is 24.9. The van der Waals surface area contributed by atoms with E-state index in [9.17, 15) is 14.4 Å². The highest BCUT2D eigenvalue weighted by molar-refractivity contribution is 5.87. The molecule has 2 N–H and O–H groups in total. The van der Waals surface area contributed by atoms with Crippen LogP contribution in [0, 0.1) is 6.92 Å². The lowest BCUT2D eigenvalue weighted by molar-refractivity contribution is 0.0696. The third kappa shape index (κ3) is 5.47. The molecule has 0 aliphatic rings. The number of carboxylic acids is 1. The number of aromatic carboxylic acids is 1. The smallest absolute Gasteiger partial charge is 0.337 e. The predicted octanol–water partition coefficient (Wildman–Crippen LogP) is 4.02. The quantitative estimate of drug-likeness (QED) is 0.398. The van der Waals surface area contributed by atoms with Crippen LogP contribution >= 0.6 is 0 Å². The van der Waals surface area contributed by atoms with Gasteiger partial charge in [-0.25, -0.2) is 9.59 Å². The molecule has 0 bridgehead atoms. The highest BCUT2D eigenvalue weighted by Crippen LogP contribution is 2.24. The fourth-order valence-corrected chi connectivity index (χ4v) is 3.52. The Balaban J connectivity index is 1.60. The van der Waals surface area contributed by atoms with Crippen molar-refractivity contribution in [1.82, 2.24) is 14.1 Å². The Morgan fingerprint density at radius 1 is 0.971 bits per heavy atom. The minimum absolute atomic E-state index is 0.0224. The zero-order valence-corrected chi connectivity index (χ0v) is 19.3. The molecule has 178 valence electrons. The Hall–Kier alpha value is -4.66. The van der Waals surface area contributed by atoms with Gasteiger partial charge in [0.1, 0.15) is 17.3 Å². The summed E-state index contributed by atoms with van der Waals surface area (Å²) in [5.74, 6) is 0.0422. The van der Waals surface area contributed by atoms with E-state index in [2.05, 4.69) is 10.3 Å². The first-order valence-electron chi connectivity index (χ1n) is 11.0. The first kappa shape index (κ1) is 23.5. The number of rotatable bonds is 8. The number of benzene rings is 2. The van der Waals surface area contributed by atoms with Crippen molar-refractivity contribution in [3.63, 3.8) is 0 Å². The van der Waals surface area contributed by atoms with E-state index >= 15 is 0 Å². The number of anilines is 2. The van der Waals surface area contributed by atoms with Crippen LogP contribution in [-0.2, 0) is 13.1 Å². The maximum Gasteiger partial charge on any atom is 0.337 e. The molecule has 0 atom stereocenters. The van der Waals surface area contributed by atoms with E-state index in [0.717, 1.165) is 11.1 Å². The van der Waals surface area contributed by atoms with Crippen molar-refractivity contribution < 1.29 is 14.6 Å². The summed E-state index contributed by atoms with van der Waals surface area (Å²) in [7, 11) is 0. The molecule has 0 aliphatic heterocycles. The first-order valence-corrected chi connectivity index (χ1v) is 11.0. The molecule has 2 heterocycles. The summed E-state index contributed by atoms with van der Waals surface area (Å²) in [5.41, 5.74) is 1.93. The fourth-order valence-electron chi connectivity index (χ4n) is 3.52. The number of nitrogens with zero attached hydrogens (tertiary/aromatic N) is 3. The minimum Gasteiger partial charge on any atom is -0.478 e. The van der Waals surface area contributed by atoms with Gasteiger partial charge >= 0.3 is 11.7 Å². The Kier molecular flexibility index (Phi) is 6.77. The van der Waals surface area contributed by atoms with Gasteiger partial charge in [0.25, 0.3) is 5.56 Å². The first-order chi connectivity index (χ1) is 16.8. The van der Waals surface area contributed by atoms with E-state index in [1.807, 2.05) is 31.2 Å². The van der Waals surface area contributed by atoms with Gasteiger partial charge in [-0.1, -0.05) is 29.8 Å². The van der Waals surface area contributed by atoms with Crippen molar-refractivity contribution in [2.45, 2.75) is 26.9 Å². The molecule has 4 aromatic rings. The van der Waals surface area contributed by atoms with Gasteiger partial charge < -0.3 is 15.2 Å². The lowest BCUT2D eigenvalue weighted by atomic mass is 10.1. The molecule has 4 rings (SSSR count). The average molecular weight is 473 g/mol. The number of ether oxygens (including phenoxy) is 1. The van der Waals surface area contributed by atoms with Crippen LogP contribution < -0.4 is 21.3 Å². The number of nitrogens with one attached hydrogen (secondary N) is 1. The third-order valence-electron chi connectivity index (χ3n) is 5.38. The second-order valence-corrected chi connectivity index (χ2v) is 7.93. The van der Waals surface area contributed by atoms with Crippen LogP contribution in [0.1, 0.15) is 28.4 Å². The lowest BCUT2D eigenvalue weighted by Crippen LogP contribution is -2.40. The molecular weight excluding hydrogens is 448 g/mol. The van der Waals surface area contributed by atoms with Crippen molar-refractivity contribution in [3.05, 3.63) is 111 Å². The summed E-state index contributed by atoms with van der Waals surface area (Å²) >= 11 is 0. The fraction of sp³-hybridized carbons (Fsp3) is 0.154. The van der Waals surface area contributed by atoms with Crippen molar-refractivity contribution in [3.8, 4) is 11.5 Å². The molecule has 0 aliphatic carbocycles. The minimum atomic E-state index is -1.09. The van der Waals surface area contributed by atoms with Gasteiger partial charge in [0.15, 0.2) is 0 Å². The standard InChI is InChI=1S/C26H24N4O5/c1-3-29-24(31)13-23(30(26(29)34)16-18-6-4-17(2)5-7-18)28-20-8-10-21(11-9-20)35-22-12-19(25(32)33)14-27-15-22/h4-15,28H,3,16H2,1-2H3,(H,32,33). The topological polar surface area (TPSA) is 115 Å². The Bertz CT molecular complexity index is 1470. The second-order valence-electron chi connectivity index (χ2n) is 7.93. The highest BCUT2D eigenvalue weighted by Gasteiger charge is 2.12. The van der Waals surface area contributed by atoms with Gasteiger partial charge in [0.05, 0.1) is 18.3 Å². The predicted molar refractivity (Wildman–Crippen MR) is 132 cm³/mol. The van der Waals surface area contributed by atoms with Crippen LogP contribution in [0.3, 0.4) is 0 Å². The van der Waals surface area contributed by atoms with Gasteiger partial charge in [0.2, 0.25) is 0 Å². The summed E-state index contributed by atoms with van der Waals surface area (Å²) in [6, 6.07) is 17.5. The zero-order valence-electron chi connectivity index (χ0n) is 19.3. The summed E-state index contributed by atoms with van der Waals surface area (Å²) in [5, 5.41) is 12.3. The van der Waals surface area contributed by atoms with E-state index in [1.54, 1.807) is 31.2 Å². The molecule has 2 aromatic heterocycles. The van der Waals surface area contributed by atoms with Crippen LogP contribution in [0.5, 0.6) is 11.5 Å². The Morgan fingerprint density at radius 3 is 2.34 bits per heavy atom. The number of aryl methyl sites for hydroxylation is 1. The largest absolute Gasteiger partial charge is 0.478 e. The third-order valence-corrected chi connectivity index (χ3v) is 5.38. The van der Waals surface area contributed by atoms with E-state index < -0.39 is 11.7 Å². The molecule has 0 unspecified atom stereocenters. The molecule has 0 fully saturated rings. The molecule has 2 aromatic carbocycles. The van der Waals surface area contributed by atoms with E-state index in [4.69, 9.17) is 9.84 Å². The van der Waals surface area contributed by atoms with E-state index in [0.29, 0.717) is 29.5 Å². The van der Waals surface area contributed by atoms with Crippen LogP contribution in [0.4, 0.5) is 11.5 Å². The monoisotopic (exact) mass is 472 g/mol. The summed E-state index contributed by atoms with van der Waals surface area (Å²) in [4.78, 5) is 40.6. The highest BCUT2D eigenvalue weighted by atomic mass is 16.5. The van der Waals surface area contributed by atoms with E-state index in [-0.39, 0.29) is 17.7 Å². The van der Waals surface area contributed by atoms with Crippen LogP contribution in [0.2, 0.25) is 0 Å². The number of hydrogen-bond donors (Lipinski definition) is 2. The number of pyridine rings is 1. The van der Waals surface area contributed by atoms with Crippen molar-refractivity contribution in [1.29, 1.82) is 0 Å². The van der Waals surface area contributed by atoms with Gasteiger partial charge in [-0.3, -0.25) is 18.9 Å². The van der Waals surface area contributed by atoms with Crippen molar-refractivity contribution >= 4 is 17.5 Å². The van der Waals surface area contributed by atoms with Crippen LogP contribution in [0.15, 0.2) is 82.6 Å². The molecule has 0 saturated heterocycles. The van der Waals surface area contributed by atoms with Gasteiger partial charge in [0, 0.05) is 24.5 Å². The molecule has 0 amide bonds. The maximum absolute atomic E-state index is 13.1. The summed E-state index contributed by atoms with van der Waals surface area (Å²) in [6.45, 7) is 4.32. The van der Waals surface area contributed by atoms with Crippen molar-refractivity contribution in [2.24, 2.45) is 0 Å². The Morgan fingerprint density at radius 2 is 1.69 bits per heavy atom. The number of carbonyl (C=O) groups is 1. The van der Waals surface area contributed by atoms with E-state index in [1.165, 1.54) is 33.7 Å². The normalized spacial score (nSPS) is 10.7. The molecule has 0 saturated carbocycles. The number of hydrogen-bond acceptors (Lipinski definition) is 6. The second kappa shape index (κ2) is 10.1. The summed E-state index contributed by atoms with van der Waals surface area (Å²) in [6.07, 6.45) is 2.66. The van der Waals surface area contributed by atoms with Gasteiger partial charge in [-0.05, 0) is 49.7 Å². The van der Waals surface area contributed by atoms with Crippen molar-refractivity contribution in [2.75, 3.05) is 5.32 Å². The molecule has 9 nitrogen and oxygen atoms in total. The lowest BCUT2D eigenvalue weighted by Gasteiger charge is -2.17. The SMILES string of the molecule is CCn1c(=O)cc(Nc2ccc(Oc3cncc(C(=O)O)c3)cc2)n(Cc2ccc(C)cc2)c1=O. The molecule has 35 heavy (non-hydrogen) atoms. The molecular formula is C26H24N4O5. The average Bonchev–Trinajstić information content (AvgIpc) is 2.84. The molecule has 0 spiro atoms. The summed E-state index contributed by atoms with van der Waals surface area (Å²) < 4.78 is 8.41. The number of carboxylic acid groups (broad SMARTS) is 1. The maximum atomic E-state index is 13.1. The Labute approximate surface area is 200 Å². The molecule has 9 heteroatoms. The van der Waals surface area contributed by atoms with Crippen LogP contribution in [0.25, 0.3) is 0 Å². The van der Waals surface area contributed by atoms with Crippen LogP contribution in [-0.4, -0.2) is 25.2 Å². The van der Waals surface area contributed by atoms with Gasteiger partial charge in [-0.15, -0.1) is 0 Å².